The van der Waals surface area contributed by atoms with Crippen molar-refractivity contribution in [2.75, 3.05) is 17.7 Å². The summed E-state index contributed by atoms with van der Waals surface area (Å²) in [6.07, 6.45) is 0. The third-order valence-electron chi connectivity index (χ3n) is 3.51. The first-order valence-electron chi connectivity index (χ1n) is 8.10. The molecule has 0 saturated heterocycles. The number of hydrogen-bond donors (Lipinski definition) is 1. The minimum absolute atomic E-state index is 0.00249. The predicted octanol–water partition coefficient (Wildman–Crippen LogP) is 3.69. The van der Waals surface area contributed by atoms with Gasteiger partial charge in [0.1, 0.15) is 17.2 Å². The highest BCUT2D eigenvalue weighted by Gasteiger charge is 2.17. The fourth-order valence-electron chi connectivity index (χ4n) is 2.20. The van der Waals surface area contributed by atoms with Crippen molar-refractivity contribution < 1.29 is 14.3 Å². The van der Waals surface area contributed by atoms with Gasteiger partial charge in [-0.15, -0.1) is 0 Å². The van der Waals surface area contributed by atoms with Gasteiger partial charge in [-0.2, -0.15) is 10.5 Å². The third-order valence-corrected chi connectivity index (χ3v) is 4.81. The zero-order valence-electron chi connectivity index (χ0n) is 15.1. The van der Waals surface area contributed by atoms with Crippen LogP contribution < -0.4 is 5.32 Å². The molecule has 1 aromatic heterocycles. The molecule has 7 nitrogen and oxygen atoms in total. The highest BCUT2D eigenvalue weighted by molar-refractivity contribution is 8.00. The third kappa shape index (κ3) is 5.23. The zero-order valence-corrected chi connectivity index (χ0v) is 16.6. The summed E-state index contributed by atoms with van der Waals surface area (Å²) >= 11 is 7.02. The molecular weight excluding hydrogens is 400 g/mol. The van der Waals surface area contributed by atoms with Crippen LogP contribution in [0.15, 0.2) is 29.3 Å². The number of hydrogen-bond acceptors (Lipinski definition) is 7. The van der Waals surface area contributed by atoms with Crippen molar-refractivity contribution in [1.82, 2.24) is 4.98 Å². The molecule has 1 amide bonds. The lowest BCUT2D eigenvalue weighted by Gasteiger charge is -2.10. The Bertz CT molecular complexity index is 1010. The van der Waals surface area contributed by atoms with Gasteiger partial charge in [0.15, 0.2) is 0 Å². The molecule has 0 bridgehead atoms. The van der Waals surface area contributed by atoms with Crippen molar-refractivity contribution in [3.05, 3.63) is 51.7 Å². The molecule has 0 aliphatic carbocycles. The Kier molecular flexibility index (Phi) is 7.39. The summed E-state index contributed by atoms with van der Waals surface area (Å²) in [6.45, 7) is 3.54. The van der Waals surface area contributed by atoms with E-state index in [-0.39, 0.29) is 34.4 Å². The topological polar surface area (TPSA) is 116 Å². The van der Waals surface area contributed by atoms with E-state index in [9.17, 15) is 14.9 Å². The van der Waals surface area contributed by atoms with Crippen LogP contribution in [0.25, 0.3) is 0 Å². The van der Waals surface area contributed by atoms with Gasteiger partial charge < -0.3 is 10.1 Å². The highest BCUT2D eigenvalue weighted by atomic mass is 35.5. The Morgan fingerprint density at radius 2 is 1.96 bits per heavy atom. The number of thioether (sulfide) groups is 1. The van der Waals surface area contributed by atoms with E-state index in [1.807, 2.05) is 12.1 Å². The van der Waals surface area contributed by atoms with E-state index in [1.54, 1.807) is 19.9 Å². The van der Waals surface area contributed by atoms with Crippen LogP contribution in [0.4, 0.5) is 5.69 Å². The lowest BCUT2D eigenvalue weighted by Crippen LogP contribution is -2.15. The van der Waals surface area contributed by atoms with Gasteiger partial charge in [-0.1, -0.05) is 23.4 Å². The normalized spacial score (nSPS) is 9.89. The van der Waals surface area contributed by atoms with Crippen molar-refractivity contribution in [3.8, 4) is 12.1 Å². The average molecular weight is 415 g/mol. The van der Waals surface area contributed by atoms with Gasteiger partial charge in [0.05, 0.1) is 39.8 Å². The van der Waals surface area contributed by atoms with Gasteiger partial charge in [-0.3, -0.25) is 4.79 Å². The molecular formula is C19H15ClN4O3S. The van der Waals surface area contributed by atoms with Crippen molar-refractivity contribution >= 4 is 40.9 Å². The van der Waals surface area contributed by atoms with Crippen LogP contribution in [0.5, 0.6) is 0 Å². The molecule has 0 radical (unpaired) electrons. The number of carbonyl (C=O) groups is 2. The number of nitrogens with one attached hydrogen (secondary N) is 1. The summed E-state index contributed by atoms with van der Waals surface area (Å²) in [7, 11) is 0. The molecule has 0 fully saturated rings. The number of rotatable bonds is 6. The summed E-state index contributed by atoms with van der Waals surface area (Å²) in [6, 6.07) is 9.91. The maximum Gasteiger partial charge on any atom is 0.340 e. The zero-order chi connectivity index (χ0) is 20.7. The second-order valence-electron chi connectivity index (χ2n) is 5.45. The molecule has 1 N–H and O–H groups in total. The Morgan fingerprint density at radius 1 is 1.25 bits per heavy atom. The summed E-state index contributed by atoms with van der Waals surface area (Å²) in [4.78, 5) is 28.4. The SMILES string of the molecule is CCOC(=O)c1cc(C#N)c(SCC(=O)Nc2ccc(C#N)c(Cl)c2)nc1C. The number of halogens is 1. The fraction of sp³-hybridized carbons (Fsp3) is 0.211. The quantitative estimate of drug-likeness (QED) is 0.565. The van der Waals surface area contributed by atoms with E-state index in [0.29, 0.717) is 22.0 Å². The Morgan fingerprint density at radius 3 is 2.57 bits per heavy atom. The van der Waals surface area contributed by atoms with Crippen molar-refractivity contribution in [2.24, 2.45) is 0 Å². The molecule has 0 unspecified atom stereocenters. The van der Waals surface area contributed by atoms with Crippen molar-refractivity contribution in [2.45, 2.75) is 18.9 Å². The number of esters is 1. The van der Waals surface area contributed by atoms with Crippen molar-refractivity contribution in [1.29, 1.82) is 10.5 Å². The molecule has 1 heterocycles. The number of aryl methyl sites for hydroxylation is 1. The summed E-state index contributed by atoms with van der Waals surface area (Å²) in [5, 5.41) is 21.5. The van der Waals surface area contributed by atoms with Crippen LogP contribution in [0.1, 0.15) is 34.1 Å². The highest BCUT2D eigenvalue weighted by Crippen LogP contribution is 2.24. The monoisotopic (exact) mass is 414 g/mol. The molecule has 0 aliphatic heterocycles. The number of carbonyl (C=O) groups excluding carboxylic acids is 2. The second-order valence-corrected chi connectivity index (χ2v) is 6.82. The van der Waals surface area contributed by atoms with Gasteiger partial charge in [0.2, 0.25) is 5.91 Å². The minimum atomic E-state index is -0.545. The van der Waals surface area contributed by atoms with Crippen molar-refractivity contribution in [3.63, 3.8) is 0 Å². The Labute approximate surface area is 171 Å². The molecule has 0 aliphatic rings. The molecule has 142 valence electrons. The Balaban J connectivity index is 2.09. The van der Waals surface area contributed by atoms with Gasteiger partial charge in [0.25, 0.3) is 0 Å². The summed E-state index contributed by atoms with van der Waals surface area (Å²) in [5.41, 5.74) is 1.59. The summed E-state index contributed by atoms with van der Waals surface area (Å²) < 4.78 is 4.95. The van der Waals surface area contributed by atoms with Gasteiger partial charge in [-0.05, 0) is 38.1 Å². The molecule has 9 heteroatoms. The number of anilines is 1. The minimum Gasteiger partial charge on any atom is -0.462 e. The number of pyridine rings is 1. The van der Waals surface area contributed by atoms with E-state index >= 15 is 0 Å². The Hall–Kier alpha value is -3.07. The van der Waals surface area contributed by atoms with Crippen LogP contribution >= 0.6 is 23.4 Å². The van der Waals surface area contributed by atoms with Crippen LogP contribution in [0.2, 0.25) is 5.02 Å². The first-order valence-corrected chi connectivity index (χ1v) is 9.47. The smallest absolute Gasteiger partial charge is 0.340 e. The number of nitriles is 2. The molecule has 28 heavy (non-hydrogen) atoms. The van der Waals surface area contributed by atoms with Gasteiger partial charge in [0, 0.05) is 5.69 Å². The van der Waals surface area contributed by atoms with Gasteiger partial charge >= 0.3 is 5.97 Å². The maximum atomic E-state index is 12.2. The molecule has 0 spiro atoms. The van der Waals surface area contributed by atoms with Gasteiger partial charge in [-0.25, -0.2) is 9.78 Å². The van der Waals surface area contributed by atoms with Crippen LogP contribution in [0, 0.1) is 29.6 Å². The van der Waals surface area contributed by atoms with E-state index in [2.05, 4.69) is 10.3 Å². The first-order chi connectivity index (χ1) is 13.4. The van der Waals surface area contributed by atoms with Crippen LogP contribution in [-0.4, -0.2) is 29.2 Å². The standard InChI is InChI=1S/C19H15ClN4O3S/c1-3-27-19(26)15-6-13(9-22)18(23-11(15)2)28-10-17(25)24-14-5-4-12(8-21)16(20)7-14/h4-7H,3,10H2,1-2H3,(H,24,25). The maximum absolute atomic E-state index is 12.2. The van der Waals surface area contributed by atoms with Crippen LogP contribution in [-0.2, 0) is 9.53 Å². The largest absolute Gasteiger partial charge is 0.462 e. The molecule has 0 saturated carbocycles. The molecule has 2 rings (SSSR count). The van der Waals surface area contributed by atoms with E-state index in [4.69, 9.17) is 21.6 Å². The first kappa shape index (κ1) is 21.2. The number of nitrogens with zero attached hydrogens (tertiary/aromatic N) is 3. The van der Waals surface area contributed by atoms with E-state index in [0.717, 1.165) is 11.8 Å². The number of ether oxygens (including phenoxy) is 1. The number of benzene rings is 1. The second kappa shape index (κ2) is 9.75. The van der Waals surface area contributed by atoms with E-state index < -0.39 is 5.97 Å². The van der Waals surface area contributed by atoms with E-state index in [1.165, 1.54) is 18.2 Å². The lowest BCUT2D eigenvalue weighted by atomic mass is 10.1. The fourth-order valence-corrected chi connectivity index (χ4v) is 3.23. The number of aromatic nitrogens is 1. The predicted molar refractivity (Wildman–Crippen MR) is 105 cm³/mol. The lowest BCUT2D eigenvalue weighted by molar-refractivity contribution is -0.113. The molecule has 0 atom stereocenters. The van der Waals surface area contributed by atoms with Crippen LogP contribution in [0.3, 0.4) is 0 Å². The molecule has 2 aromatic rings. The average Bonchev–Trinajstić information content (AvgIpc) is 2.66. The summed E-state index contributed by atoms with van der Waals surface area (Å²) in [5.74, 6) is -0.878. The number of amides is 1. The molecule has 1 aromatic carbocycles.